The van der Waals surface area contributed by atoms with Gasteiger partial charge >= 0.3 is 0 Å². The van der Waals surface area contributed by atoms with Crippen molar-refractivity contribution in [1.82, 2.24) is 10.3 Å². The molecule has 0 saturated heterocycles. The highest BCUT2D eigenvalue weighted by atomic mass is 15.1. The average molecular weight is 231 g/mol. The number of hydrogen-bond donors (Lipinski definition) is 1. The number of hydrogen-bond acceptors (Lipinski definition) is 3. The van der Waals surface area contributed by atoms with Gasteiger partial charge < -0.3 is 10.2 Å². The first-order valence-electron chi connectivity index (χ1n) is 6.45. The molecule has 2 heterocycles. The molecule has 0 unspecified atom stereocenters. The van der Waals surface area contributed by atoms with Crippen LogP contribution >= 0.6 is 0 Å². The molecule has 0 atom stereocenters. The maximum Gasteiger partial charge on any atom is 0.0601 e. The van der Waals surface area contributed by atoms with Gasteiger partial charge in [0.1, 0.15) is 0 Å². The molecule has 3 heteroatoms. The molecule has 0 saturated carbocycles. The summed E-state index contributed by atoms with van der Waals surface area (Å²) in [6, 6.07) is 2.12. The Hall–Kier alpha value is -1.35. The van der Waals surface area contributed by atoms with Crippen molar-refractivity contribution in [2.24, 2.45) is 0 Å². The van der Waals surface area contributed by atoms with Crippen LogP contribution in [0.2, 0.25) is 0 Å². The van der Waals surface area contributed by atoms with Crippen LogP contribution in [0, 0.1) is 0 Å². The number of aromatic nitrogens is 1. The molecule has 0 radical (unpaired) electrons. The van der Waals surface area contributed by atoms with Crippen LogP contribution in [0.5, 0.6) is 0 Å². The van der Waals surface area contributed by atoms with E-state index in [0.717, 1.165) is 32.6 Å². The molecule has 2 rings (SSSR count). The minimum Gasteiger partial charge on any atom is -0.366 e. The van der Waals surface area contributed by atoms with Crippen LogP contribution in [0.4, 0.5) is 5.69 Å². The van der Waals surface area contributed by atoms with Crippen molar-refractivity contribution < 1.29 is 0 Å². The molecule has 0 aromatic carbocycles. The monoisotopic (exact) mass is 231 g/mol. The van der Waals surface area contributed by atoms with Crippen molar-refractivity contribution in [2.45, 2.75) is 26.3 Å². The average Bonchev–Trinajstić information content (AvgIpc) is 2.41. The molecule has 1 aromatic rings. The molecule has 92 valence electrons. The minimum absolute atomic E-state index is 0.936. The molecule has 1 aliphatic rings. The van der Waals surface area contributed by atoms with Gasteiger partial charge in [0, 0.05) is 25.8 Å². The van der Waals surface area contributed by atoms with E-state index in [4.69, 9.17) is 0 Å². The molecule has 0 amide bonds. The summed E-state index contributed by atoms with van der Waals surface area (Å²) in [4.78, 5) is 6.65. The second-order valence-electron chi connectivity index (χ2n) is 4.39. The van der Waals surface area contributed by atoms with Crippen LogP contribution in [-0.2, 0) is 6.54 Å². The first-order valence-corrected chi connectivity index (χ1v) is 6.45. The fourth-order valence-corrected chi connectivity index (χ4v) is 2.11. The topological polar surface area (TPSA) is 28.2 Å². The predicted molar refractivity (Wildman–Crippen MR) is 72.2 cm³/mol. The second kappa shape index (κ2) is 6.40. The Morgan fingerprint density at radius 2 is 2.35 bits per heavy atom. The zero-order chi connectivity index (χ0) is 11.9. The van der Waals surface area contributed by atoms with Crippen molar-refractivity contribution in [3.05, 3.63) is 36.2 Å². The summed E-state index contributed by atoms with van der Waals surface area (Å²) in [6.07, 6.45) is 10.7. The zero-order valence-electron chi connectivity index (χ0n) is 10.5. The third kappa shape index (κ3) is 3.30. The number of rotatable bonds is 5. The molecular weight excluding hydrogens is 210 g/mol. The summed E-state index contributed by atoms with van der Waals surface area (Å²) in [5, 5.41) is 3.46. The van der Waals surface area contributed by atoms with Gasteiger partial charge in [-0.1, -0.05) is 19.1 Å². The van der Waals surface area contributed by atoms with E-state index in [2.05, 4.69) is 40.3 Å². The maximum absolute atomic E-state index is 4.26. The SMILES string of the molecule is CCCNCc1ccncc1N1CC=CCC1. The van der Waals surface area contributed by atoms with E-state index in [1.54, 1.807) is 0 Å². The molecule has 1 aromatic heterocycles. The molecule has 3 nitrogen and oxygen atoms in total. The Labute approximate surface area is 104 Å². The van der Waals surface area contributed by atoms with Gasteiger partial charge in [0.25, 0.3) is 0 Å². The van der Waals surface area contributed by atoms with E-state index >= 15 is 0 Å². The Morgan fingerprint density at radius 3 is 3.12 bits per heavy atom. The highest BCUT2D eigenvalue weighted by Gasteiger charge is 2.11. The van der Waals surface area contributed by atoms with Crippen LogP contribution in [-0.4, -0.2) is 24.6 Å². The molecule has 1 aliphatic heterocycles. The van der Waals surface area contributed by atoms with Crippen LogP contribution in [0.15, 0.2) is 30.6 Å². The second-order valence-corrected chi connectivity index (χ2v) is 4.39. The molecule has 17 heavy (non-hydrogen) atoms. The standard InChI is InChI=1S/C14H21N3/c1-2-7-15-11-13-6-8-16-12-14(13)17-9-4-3-5-10-17/h3-4,6,8,12,15H,2,5,7,9-11H2,1H3. The zero-order valence-corrected chi connectivity index (χ0v) is 10.5. The van der Waals surface area contributed by atoms with Gasteiger partial charge in [0.05, 0.1) is 11.9 Å². The Kier molecular flexibility index (Phi) is 4.56. The molecular formula is C14H21N3. The van der Waals surface area contributed by atoms with Crippen molar-refractivity contribution in [2.75, 3.05) is 24.5 Å². The van der Waals surface area contributed by atoms with Crippen LogP contribution < -0.4 is 10.2 Å². The third-order valence-corrected chi connectivity index (χ3v) is 3.03. The number of nitrogens with zero attached hydrogens (tertiary/aromatic N) is 2. The smallest absolute Gasteiger partial charge is 0.0601 e. The Balaban J connectivity index is 2.06. The third-order valence-electron chi connectivity index (χ3n) is 3.03. The fraction of sp³-hybridized carbons (Fsp3) is 0.500. The van der Waals surface area contributed by atoms with Crippen molar-refractivity contribution in [3.63, 3.8) is 0 Å². The van der Waals surface area contributed by atoms with E-state index < -0.39 is 0 Å². The molecule has 0 aliphatic carbocycles. The summed E-state index contributed by atoms with van der Waals surface area (Å²) < 4.78 is 0. The van der Waals surface area contributed by atoms with E-state index in [0.29, 0.717) is 0 Å². The Morgan fingerprint density at radius 1 is 1.41 bits per heavy atom. The summed E-state index contributed by atoms with van der Waals surface area (Å²) in [5.74, 6) is 0. The molecule has 0 bridgehead atoms. The van der Waals surface area contributed by atoms with Gasteiger partial charge in [-0.15, -0.1) is 0 Å². The van der Waals surface area contributed by atoms with E-state index in [1.165, 1.54) is 17.7 Å². The van der Waals surface area contributed by atoms with Gasteiger partial charge in [0.2, 0.25) is 0 Å². The summed E-state index contributed by atoms with van der Waals surface area (Å²) >= 11 is 0. The van der Waals surface area contributed by atoms with E-state index in [-0.39, 0.29) is 0 Å². The Bertz CT molecular complexity index is 373. The van der Waals surface area contributed by atoms with Gasteiger partial charge in [-0.3, -0.25) is 4.98 Å². The lowest BCUT2D eigenvalue weighted by Gasteiger charge is -2.27. The van der Waals surface area contributed by atoms with Crippen molar-refractivity contribution in [1.29, 1.82) is 0 Å². The number of nitrogens with one attached hydrogen (secondary N) is 1. The van der Waals surface area contributed by atoms with Gasteiger partial charge in [0.15, 0.2) is 0 Å². The lowest BCUT2D eigenvalue weighted by atomic mass is 10.1. The van der Waals surface area contributed by atoms with Crippen molar-refractivity contribution in [3.8, 4) is 0 Å². The maximum atomic E-state index is 4.26. The number of pyridine rings is 1. The largest absolute Gasteiger partial charge is 0.366 e. The van der Waals surface area contributed by atoms with Gasteiger partial charge in [-0.05, 0) is 31.0 Å². The first-order chi connectivity index (χ1) is 8.42. The van der Waals surface area contributed by atoms with E-state index in [9.17, 15) is 0 Å². The van der Waals surface area contributed by atoms with Crippen LogP contribution in [0.25, 0.3) is 0 Å². The minimum atomic E-state index is 0.936. The van der Waals surface area contributed by atoms with Crippen LogP contribution in [0.1, 0.15) is 25.3 Å². The quantitative estimate of drug-likeness (QED) is 0.623. The highest BCUT2D eigenvalue weighted by Crippen LogP contribution is 2.20. The number of anilines is 1. The first kappa shape index (κ1) is 12.1. The molecule has 1 N–H and O–H groups in total. The lowest BCUT2D eigenvalue weighted by molar-refractivity contribution is 0.671. The predicted octanol–water partition coefficient (Wildman–Crippen LogP) is 2.35. The van der Waals surface area contributed by atoms with Crippen molar-refractivity contribution >= 4 is 5.69 Å². The highest BCUT2D eigenvalue weighted by molar-refractivity contribution is 5.52. The molecule has 0 fully saturated rings. The summed E-state index contributed by atoms with van der Waals surface area (Å²) in [5.41, 5.74) is 2.63. The van der Waals surface area contributed by atoms with Crippen LogP contribution in [0.3, 0.4) is 0 Å². The lowest BCUT2D eigenvalue weighted by Crippen LogP contribution is -2.28. The van der Waals surface area contributed by atoms with Gasteiger partial charge in [-0.25, -0.2) is 0 Å². The molecule has 0 spiro atoms. The summed E-state index contributed by atoms with van der Waals surface area (Å²) in [7, 11) is 0. The normalized spacial score (nSPS) is 15.2. The fourth-order valence-electron chi connectivity index (χ4n) is 2.11. The van der Waals surface area contributed by atoms with E-state index in [1.807, 2.05) is 12.4 Å². The van der Waals surface area contributed by atoms with Gasteiger partial charge in [-0.2, -0.15) is 0 Å². The summed E-state index contributed by atoms with van der Waals surface area (Å²) in [6.45, 7) is 6.30.